The van der Waals surface area contributed by atoms with Gasteiger partial charge in [-0.2, -0.15) is 5.10 Å². The maximum atomic E-state index is 11.8. The lowest BCUT2D eigenvalue weighted by Gasteiger charge is -2.08. The Hall–Kier alpha value is -2.74. The molecule has 0 aromatic carbocycles. The van der Waals surface area contributed by atoms with Crippen molar-refractivity contribution in [3.05, 3.63) is 52.2 Å². The van der Waals surface area contributed by atoms with Gasteiger partial charge in [-0.05, 0) is 37.8 Å². The number of hydrogen-bond donors (Lipinski definition) is 2. The van der Waals surface area contributed by atoms with E-state index in [1.165, 1.54) is 11.3 Å². The maximum absolute atomic E-state index is 11.8. The molecule has 0 radical (unpaired) electrons. The molecule has 0 aliphatic rings. The summed E-state index contributed by atoms with van der Waals surface area (Å²) in [6.07, 6.45) is 4.16. The summed E-state index contributed by atoms with van der Waals surface area (Å²) in [4.78, 5) is 21.3. The van der Waals surface area contributed by atoms with Crippen molar-refractivity contribution in [3.63, 3.8) is 0 Å². The number of hydrogen-bond acceptors (Lipinski definition) is 6. The minimum Gasteiger partial charge on any atom is -0.369 e. The first-order valence-corrected chi connectivity index (χ1v) is 8.93. The molecule has 0 fully saturated rings. The Morgan fingerprint density at radius 2 is 2.16 bits per heavy atom. The second-order valence-corrected chi connectivity index (χ2v) is 6.56. The van der Waals surface area contributed by atoms with Crippen molar-refractivity contribution in [1.29, 1.82) is 0 Å². The molecule has 2 N–H and O–H groups in total. The molecule has 0 saturated carbocycles. The molecule has 3 rings (SSSR count). The summed E-state index contributed by atoms with van der Waals surface area (Å²) >= 11 is 1.44. The smallest absolute Gasteiger partial charge is 0.261 e. The lowest BCUT2D eigenvalue weighted by Crippen LogP contribution is -2.25. The second kappa shape index (κ2) is 7.89. The summed E-state index contributed by atoms with van der Waals surface area (Å²) in [5.74, 6) is 1.34. The molecular formula is C17H20N6OS. The van der Waals surface area contributed by atoms with Gasteiger partial charge in [0.05, 0.1) is 23.0 Å². The molecule has 0 spiro atoms. The zero-order valence-electron chi connectivity index (χ0n) is 14.2. The van der Waals surface area contributed by atoms with E-state index in [2.05, 4.69) is 25.7 Å². The summed E-state index contributed by atoms with van der Waals surface area (Å²) in [5, 5.41) is 12.4. The second-order valence-electron chi connectivity index (χ2n) is 5.61. The Labute approximate surface area is 150 Å². The predicted molar refractivity (Wildman–Crippen MR) is 98.4 cm³/mol. The number of carbonyl (C=O) groups excluding carboxylic acids is 1. The average Bonchev–Trinajstić information content (AvgIpc) is 3.24. The van der Waals surface area contributed by atoms with Crippen LogP contribution in [0.3, 0.4) is 0 Å². The van der Waals surface area contributed by atoms with E-state index in [-0.39, 0.29) is 5.91 Å². The fourth-order valence-electron chi connectivity index (χ4n) is 2.41. The number of carbonyl (C=O) groups is 1. The molecule has 0 aliphatic carbocycles. The van der Waals surface area contributed by atoms with Crippen molar-refractivity contribution in [1.82, 2.24) is 25.1 Å². The summed E-state index contributed by atoms with van der Waals surface area (Å²) < 4.78 is 1.77. The lowest BCUT2D eigenvalue weighted by molar-refractivity contribution is 0.0957. The average molecular weight is 356 g/mol. The summed E-state index contributed by atoms with van der Waals surface area (Å²) in [6.45, 7) is 5.23. The van der Waals surface area contributed by atoms with Gasteiger partial charge in [0, 0.05) is 18.8 Å². The molecule has 7 nitrogen and oxygen atoms in total. The molecule has 8 heteroatoms. The van der Waals surface area contributed by atoms with Crippen molar-refractivity contribution < 1.29 is 4.79 Å². The SMILES string of the molecule is Cc1cc(C)n(-c2cncc(NCCCNC(=O)c3cccs3)n2)n1. The molecule has 0 aliphatic heterocycles. The molecule has 3 aromatic rings. The van der Waals surface area contributed by atoms with E-state index in [9.17, 15) is 4.79 Å². The normalized spacial score (nSPS) is 10.6. The molecule has 0 unspecified atom stereocenters. The van der Waals surface area contributed by atoms with Crippen molar-refractivity contribution in [2.24, 2.45) is 0 Å². The fraction of sp³-hybridized carbons (Fsp3) is 0.294. The third kappa shape index (κ3) is 4.42. The van der Waals surface area contributed by atoms with Crippen LogP contribution in [-0.2, 0) is 0 Å². The van der Waals surface area contributed by atoms with Gasteiger partial charge in [0.15, 0.2) is 5.82 Å². The van der Waals surface area contributed by atoms with E-state index in [0.29, 0.717) is 24.7 Å². The highest BCUT2D eigenvalue weighted by Crippen LogP contribution is 2.11. The Morgan fingerprint density at radius 1 is 1.28 bits per heavy atom. The minimum absolute atomic E-state index is 0.0266. The van der Waals surface area contributed by atoms with Gasteiger partial charge < -0.3 is 10.6 Å². The number of aryl methyl sites for hydroxylation is 2. The van der Waals surface area contributed by atoms with E-state index in [1.807, 2.05) is 37.4 Å². The van der Waals surface area contributed by atoms with Crippen LogP contribution in [0.5, 0.6) is 0 Å². The van der Waals surface area contributed by atoms with Gasteiger partial charge in [-0.25, -0.2) is 9.67 Å². The zero-order valence-corrected chi connectivity index (χ0v) is 15.0. The molecule has 25 heavy (non-hydrogen) atoms. The molecule has 3 aromatic heterocycles. The van der Waals surface area contributed by atoms with Crippen molar-refractivity contribution in [2.75, 3.05) is 18.4 Å². The first-order chi connectivity index (χ1) is 12.1. The van der Waals surface area contributed by atoms with E-state index >= 15 is 0 Å². The highest BCUT2D eigenvalue weighted by atomic mass is 32.1. The van der Waals surface area contributed by atoms with Crippen LogP contribution in [0.4, 0.5) is 5.82 Å². The van der Waals surface area contributed by atoms with Gasteiger partial charge in [0.2, 0.25) is 0 Å². The Kier molecular flexibility index (Phi) is 5.39. The number of thiophene rings is 1. The van der Waals surface area contributed by atoms with Crippen LogP contribution >= 0.6 is 11.3 Å². The van der Waals surface area contributed by atoms with Gasteiger partial charge in [-0.3, -0.25) is 9.78 Å². The molecular weight excluding hydrogens is 336 g/mol. The van der Waals surface area contributed by atoms with Crippen LogP contribution in [0.1, 0.15) is 27.5 Å². The molecule has 0 atom stereocenters. The van der Waals surface area contributed by atoms with E-state index in [0.717, 1.165) is 22.7 Å². The van der Waals surface area contributed by atoms with Crippen LogP contribution in [0.2, 0.25) is 0 Å². The number of amides is 1. The largest absolute Gasteiger partial charge is 0.369 e. The monoisotopic (exact) mass is 356 g/mol. The number of nitrogens with one attached hydrogen (secondary N) is 2. The molecule has 0 bridgehead atoms. The third-order valence-electron chi connectivity index (χ3n) is 3.54. The van der Waals surface area contributed by atoms with Crippen molar-refractivity contribution in [3.8, 4) is 5.82 Å². The van der Waals surface area contributed by atoms with Crippen molar-refractivity contribution >= 4 is 23.1 Å². The third-order valence-corrected chi connectivity index (χ3v) is 4.41. The van der Waals surface area contributed by atoms with Gasteiger partial charge in [0.25, 0.3) is 5.91 Å². The van der Waals surface area contributed by atoms with Crippen LogP contribution in [-0.4, -0.2) is 38.7 Å². The standard InChI is InChI=1S/C17H20N6OS/c1-12-9-13(2)23(22-12)16-11-18-10-15(21-16)19-6-4-7-20-17(24)14-5-3-8-25-14/h3,5,8-11H,4,6-7H2,1-2H3,(H,19,21)(H,20,24). The van der Waals surface area contributed by atoms with Crippen LogP contribution in [0.15, 0.2) is 36.0 Å². The molecule has 3 heterocycles. The van der Waals surface area contributed by atoms with Gasteiger partial charge in [-0.1, -0.05) is 6.07 Å². The Bertz CT molecular complexity index is 843. The molecule has 1 amide bonds. The topological polar surface area (TPSA) is 84.7 Å². The zero-order chi connectivity index (χ0) is 17.6. The first-order valence-electron chi connectivity index (χ1n) is 8.05. The minimum atomic E-state index is -0.0266. The highest BCUT2D eigenvalue weighted by Gasteiger charge is 2.07. The Balaban J connectivity index is 1.48. The number of nitrogens with zero attached hydrogens (tertiary/aromatic N) is 4. The highest BCUT2D eigenvalue weighted by molar-refractivity contribution is 7.12. The molecule has 130 valence electrons. The van der Waals surface area contributed by atoms with Gasteiger partial charge >= 0.3 is 0 Å². The summed E-state index contributed by atoms with van der Waals surface area (Å²) in [6, 6.07) is 5.69. The lowest BCUT2D eigenvalue weighted by atomic mass is 10.4. The first kappa shape index (κ1) is 17.1. The van der Waals surface area contributed by atoms with Crippen LogP contribution in [0, 0.1) is 13.8 Å². The van der Waals surface area contributed by atoms with E-state index in [4.69, 9.17) is 0 Å². The van der Waals surface area contributed by atoms with Crippen LogP contribution < -0.4 is 10.6 Å². The van der Waals surface area contributed by atoms with E-state index < -0.39 is 0 Å². The van der Waals surface area contributed by atoms with Gasteiger partial charge in [-0.15, -0.1) is 11.3 Å². The number of aromatic nitrogens is 4. The maximum Gasteiger partial charge on any atom is 0.261 e. The fourth-order valence-corrected chi connectivity index (χ4v) is 3.05. The van der Waals surface area contributed by atoms with Crippen molar-refractivity contribution in [2.45, 2.75) is 20.3 Å². The van der Waals surface area contributed by atoms with Crippen LogP contribution in [0.25, 0.3) is 5.82 Å². The van der Waals surface area contributed by atoms with E-state index in [1.54, 1.807) is 17.1 Å². The molecule has 0 saturated heterocycles. The predicted octanol–water partition coefficient (Wildman–Crippen LogP) is 2.57. The summed E-state index contributed by atoms with van der Waals surface area (Å²) in [5.41, 5.74) is 1.96. The quantitative estimate of drug-likeness (QED) is 0.636. The summed E-state index contributed by atoms with van der Waals surface area (Å²) in [7, 11) is 0. The number of anilines is 1. The number of rotatable bonds is 7. The van der Waals surface area contributed by atoms with Gasteiger partial charge in [0.1, 0.15) is 5.82 Å². The Morgan fingerprint density at radius 3 is 2.88 bits per heavy atom.